The molecule has 2 rings (SSSR count). The first-order valence-corrected chi connectivity index (χ1v) is 7.50. The topological polar surface area (TPSA) is 55.4 Å². The van der Waals surface area contributed by atoms with Gasteiger partial charge in [-0.05, 0) is 25.1 Å². The maximum Gasteiger partial charge on any atom is 0.315 e. The zero-order valence-corrected chi connectivity index (χ0v) is 14.0. The Kier molecular flexibility index (Phi) is 4.52. The van der Waals surface area contributed by atoms with Crippen LogP contribution in [0.1, 0.15) is 13.3 Å². The summed E-state index contributed by atoms with van der Waals surface area (Å²) in [6.45, 7) is 1.02. The average Bonchev–Trinajstić information content (AvgIpc) is 2.90. The lowest BCUT2D eigenvalue weighted by Gasteiger charge is -2.12. The molecule has 4 nitrogen and oxygen atoms in total. The quantitative estimate of drug-likeness (QED) is 0.622. The van der Waals surface area contributed by atoms with Gasteiger partial charge in [-0.3, -0.25) is 9.59 Å². The highest BCUT2D eigenvalue weighted by molar-refractivity contribution is 9.10. The molecule has 0 radical (unpaired) electrons. The number of benzene rings is 1. The molecule has 0 bridgehead atoms. The van der Waals surface area contributed by atoms with Gasteiger partial charge in [0.1, 0.15) is 15.6 Å². The molecule has 1 saturated carbocycles. The normalized spacial score (nSPS) is 22.5. The molecule has 1 atom stereocenters. The molecule has 0 spiro atoms. The molecule has 1 N–H and O–H groups in total. The first-order chi connectivity index (χ1) is 9.65. The van der Waals surface area contributed by atoms with E-state index in [-0.39, 0.29) is 12.1 Å². The Hall–Kier alpha value is -0.850. The van der Waals surface area contributed by atoms with Gasteiger partial charge in [0.05, 0.1) is 5.69 Å². The summed E-state index contributed by atoms with van der Waals surface area (Å²) in [6, 6.07) is 4.18. The second-order valence-electron chi connectivity index (χ2n) is 4.96. The summed E-state index contributed by atoms with van der Waals surface area (Å²) < 4.78 is 17.8. The van der Waals surface area contributed by atoms with Gasteiger partial charge in [-0.15, -0.1) is 23.2 Å². The highest BCUT2D eigenvalue weighted by atomic mass is 79.9. The summed E-state index contributed by atoms with van der Waals surface area (Å²) in [7, 11) is 0. The third kappa shape index (κ3) is 3.49. The number of rotatable bonds is 4. The van der Waals surface area contributed by atoms with Gasteiger partial charge in [-0.25, -0.2) is 4.39 Å². The summed E-state index contributed by atoms with van der Waals surface area (Å²) in [6.07, 6.45) is 0.269. The SMILES string of the molecule is CC1(C(=O)OCC(=O)Nc2ccc(Br)cc2F)CC1(Cl)Cl. The van der Waals surface area contributed by atoms with E-state index in [0.29, 0.717) is 4.47 Å². The van der Waals surface area contributed by atoms with Gasteiger partial charge in [-0.1, -0.05) is 15.9 Å². The third-order valence-corrected chi connectivity index (χ3v) is 4.84. The van der Waals surface area contributed by atoms with Crippen LogP contribution in [0, 0.1) is 11.2 Å². The molecule has 1 aromatic rings. The lowest BCUT2D eigenvalue weighted by atomic mass is 10.1. The van der Waals surface area contributed by atoms with Gasteiger partial charge < -0.3 is 10.1 Å². The van der Waals surface area contributed by atoms with Crippen molar-refractivity contribution < 1.29 is 18.7 Å². The van der Waals surface area contributed by atoms with E-state index < -0.39 is 34.0 Å². The van der Waals surface area contributed by atoms with Gasteiger partial charge in [0.15, 0.2) is 6.61 Å². The molecular weight excluding hydrogens is 388 g/mol. The van der Waals surface area contributed by atoms with Crippen LogP contribution in [0.4, 0.5) is 10.1 Å². The van der Waals surface area contributed by atoms with Crippen LogP contribution in [0.15, 0.2) is 22.7 Å². The fourth-order valence-electron chi connectivity index (χ4n) is 1.69. The van der Waals surface area contributed by atoms with Crippen LogP contribution < -0.4 is 5.32 Å². The molecule has 1 fully saturated rings. The van der Waals surface area contributed by atoms with Gasteiger partial charge in [-0.2, -0.15) is 0 Å². The van der Waals surface area contributed by atoms with Crippen molar-refractivity contribution in [3.8, 4) is 0 Å². The van der Waals surface area contributed by atoms with E-state index in [1.54, 1.807) is 13.0 Å². The third-order valence-electron chi connectivity index (χ3n) is 3.25. The number of anilines is 1. The van der Waals surface area contributed by atoms with Crippen molar-refractivity contribution in [2.45, 2.75) is 17.7 Å². The zero-order valence-electron chi connectivity index (χ0n) is 10.9. The van der Waals surface area contributed by atoms with E-state index in [1.165, 1.54) is 12.1 Å². The van der Waals surface area contributed by atoms with Crippen LogP contribution in [0.25, 0.3) is 0 Å². The van der Waals surface area contributed by atoms with Gasteiger partial charge in [0.2, 0.25) is 0 Å². The minimum Gasteiger partial charge on any atom is -0.455 e. The van der Waals surface area contributed by atoms with Crippen molar-refractivity contribution in [3.05, 3.63) is 28.5 Å². The zero-order chi connectivity index (χ0) is 15.8. The van der Waals surface area contributed by atoms with E-state index >= 15 is 0 Å². The average molecular weight is 399 g/mol. The van der Waals surface area contributed by atoms with Crippen LogP contribution in [-0.4, -0.2) is 22.8 Å². The predicted molar refractivity (Wildman–Crippen MR) is 80.8 cm³/mol. The van der Waals surface area contributed by atoms with Gasteiger partial charge in [0.25, 0.3) is 5.91 Å². The molecule has 0 aliphatic heterocycles. The number of amides is 1. The smallest absolute Gasteiger partial charge is 0.315 e. The fourth-order valence-corrected chi connectivity index (χ4v) is 2.71. The molecule has 1 aromatic carbocycles. The molecule has 0 saturated heterocycles. The van der Waals surface area contributed by atoms with E-state index in [9.17, 15) is 14.0 Å². The Morgan fingerprint density at radius 1 is 1.48 bits per heavy atom. The Morgan fingerprint density at radius 2 is 2.10 bits per heavy atom. The molecule has 8 heteroatoms. The maximum atomic E-state index is 13.5. The fraction of sp³-hybridized carbons (Fsp3) is 0.385. The lowest BCUT2D eigenvalue weighted by Crippen LogP contribution is -2.27. The number of alkyl halides is 2. The van der Waals surface area contributed by atoms with Crippen molar-refractivity contribution in [2.75, 3.05) is 11.9 Å². The van der Waals surface area contributed by atoms with Crippen molar-refractivity contribution in [2.24, 2.45) is 5.41 Å². The van der Waals surface area contributed by atoms with E-state index in [0.717, 1.165) is 0 Å². The molecule has 1 aliphatic carbocycles. The molecule has 114 valence electrons. The lowest BCUT2D eigenvalue weighted by molar-refractivity contribution is -0.152. The largest absolute Gasteiger partial charge is 0.455 e. The first-order valence-electron chi connectivity index (χ1n) is 5.96. The minimum absolute atomic E-state index is 0.000848. The molecule has 1 unspecified atom stereocenters. The number of halogens is 4. The van der Waals surface area contributed by atoms with Crippen LogP contribution in [0.2, 0.25) is 0 Å². The van der Waals surface area contributed by atoms with Crippen molar-refractivity contribution in [1.82, 2.24) is 0 Å². The van der Waals surface area contributed by atoms with Crippen LogP contribution >= 0.6 is 39.1 Å². The maximum absolute atomic E-state index is 13.5. The summed E-state index contributed by atoms with van der Waals surface area (Å²) in [4.78, 5) is 23.4. The minimum atomic E-state index is -1.15. The number of esters is 1. The highest BCUT2D eigenvalue weighted by Crippen LogP contribution is 2.64. The first kappa shape index (κ1) is 16.5. The van der Waals surface area contributed by atoms with Crippen LogP contribution in [0.3, 0.4) is 0 Å². The molecule has 0 aromatic heterocycles. The van der Waals surface area contributed by atoms with E-state index in [1.807, 2.05) is 0 Å². The number of nitrogens with one attached hydrogen (secondary N) is 1. The Bertz CT molecular complexity index is 611. The summed E-state index contributed by atoms with van der Waals surface area (Å²) >= 11 is 14.8. The van der Waals surface area contributed by atoms with Crippen molar-refractivity contribution >= 4 is 56.7 Å². The second kappa shape index (κ2) is 5.74. The predicted octanol–water partition coefficient (Wildman–Crippen LogP) is 3.65. The second-order valence-corrected chi connectivity index (χ2v) is 7.36. The molecule has 1 amide bonds. The Balaban J connectivity index is 1.87. The summed E-state index contributed by atoms with van der Waals surface area (Å²) in [5.74, 6) is -1.90. The monoisotopic (exact) mass is 397 g/mol. The van der Waals surface area contributed by atoms with E-state index in [4.69, 9.17) is 27.9 Å². The van der Waals surface area contributed by atoms with Crippen LogP contribution in [0.5, 0.6) is 0 Å². The number of carbonyl (C=O) groups excluding carboxylic acids is 2. The van der Waals surface area contributed by atoms with Gasteiger partial charge in [0, 0.05) is 10.9 Å². The number of ether oxygens (including phenoxy) is 1. The Labute approximate surface area is 139 Å². The highest BCUT2D eigenvalue weighted by Gasteiger charge is 2.69. The Morgan fingerprint density at radius 3 is 2.62 bits per heavy atom. The number of carbonyl (C=O) groups is 2. The van der Waals surface area contributed by atoms with Gasteiger partial charge >= 0.3 is 5.97 Å². The number of hydrogen-bond donors (Lipinski definition) is 1. The number of hydrogen-bond acceptors (Lipinski definition) is 3. The molecular formula is C13H11BrCl2FNO3. The standard InChI is InChI=1S/C13H11BrCl2FNO3/c1-12(6-13(12,15)16)11(20)21-5-10(19)18-9-3-2-7(14)4-8(9)17/h2-4H,5-6H2,1H3,(H,18,19). The molecule has 21 heavy (non-hydrogen) atoms. The van der Waals surface area contributed by atoms with Crippen molar-refractivity contribution in [3.63, 3.8) is 0 Å². The van der Waals surface area contributed by atoms with Crippen molar-refractivity contribution in [1.29, 1.82) is 0 Å². The summed E-state index contributed by atoms with van der Waals surface area (Å²) in [5.41, 5.74) is -1.000. The van der Waals surface area contributed by atoms with E-state index in [2.05, 4.69) is 21.2 Å². The molecule has 1 aliphatic rings. The molecule has 0 heterocycles. The van der Waals surface area contributed by atoms with Crippen LogP contribution in [-0.2, 0) is 14.3 Å². The summed E-state index contributed by atoms with van der Waals surface area (Å²) in [5, 5.41) is 2.31.